The summed E-state index contributed by atoms with van der Waals surface area (Å²) in [7, 11) is 0. The lowest BCUT2D eigenvalue weighted by Gasteiger charge is -2.43. The van der Waals surface area contributed by atoms with E-state index in [2.05, 4.69) is 41.0 Å². The van der Waals surface area contributed by atoms with Crippen molar-refractivity contribution in [1.29, 1.82) is 0 Å². The fourth-order valence-electron chi connectivity index (χ4n) is 6.46. The number of carbonyl (C=O) groups excluding carboxylic acids is 2. The molecule has 0 spiro atoms. The number of nitrogens with zero attached hydrogens (tertiary/aromatic N) is 5. The Hall–Kier alpha value is -2.78. The van der Waals surface area contributed by atoms with Gasteiger partial charge in [-0.2, -0.15) is 0 Å². The van der Waals surface area contributed by atoms with Crippen LogP contribution in [0.25, 0.3) is 0 Å². The highest BCUT2D eigenvalue weighted by atomic mass is 79.9. The quantitative estimate of drug-likeness (QED) is 0.506. The monoisotopic (exact) mass is 606 g/mol. The van der Waals surface area contributed by atoms with Crippen molar-refractivity contribution in [1.82, 2.24) is 20.1 Å². The van der Waals surface area contributed by atoms with Crippen LogP contribution in [0.3, 0.4) is 0 Å². The molecule has 0 radical (unpaired) electrons. The van der Waals surface area contributed by atoms with E-state index < -0.39 is 0 Å². The number of rotatable bonds is 7. The van der Waals surface area contributed by atoms with Crippen LogP contribution in [0.2, 0.25) is 0 Å². The second-order valence-electron chi connectivity index (χ2n) is 11.6. The largest absolute Gasteiger partial charge is 0.353 e. The third-order valence-electron chi connectivity index (χ3n) is 9.02. The van der Waals surface area contributed by atoms with Gasteiger partial charge in [0.25, 0.3) is 11.8 Å². The third-order valence-corrected chi connectivity index (χ3v) is 9.61. The Kier molecular flexibility index (Phi) is 8.48. The molecule has 1 aliphatic carbocycles. The van der Waals surface area contributed by atoms with E-state index in [9.17, 15) is 9.59 Å². The number of aromatic nitrogens is 1. The number of halogens is 1. The highest BCUT2D eigenvalue weighted by Gasteiger charge is 2.30. The van der Waals surface area contributed by atoms with E-state index in [4.69, 9.17) is 0 Å². The van der Waals surface area contributed by atoms with E-state index in [1.54, 1.807) is 6.20 Å². The van der Waals surface area contributed by atoms with Gasteiger partial charge in [-0.15, -0.1) is 0 Å². The Balaban J connectivity index is 0.958. The highest BCUT2D eigenvalue weighted by Crippen LogP contribution is 2.28. The molecule has 0 bridgehead atoms. The Morgan fingerprint density at radius 1 is 0.900 bits per heavy atom. The Morgan fingerprint density at radius 3 is 2.25 bits per heavy atom. The Bertz CT molecular complexity index is 1240. The van der Waals surface area contributed by atoms with Gasteiger partial charge in [0.1, 0.15) is 5.82 Å². The van der Waals surface area contributed by atoms with Gasteiger partial charge in [0, 0.05) is 63.6 Å². The first-order valence-corrected chi connectivity index (χ1v) is 15.7. The summed E-state index contributed by atoms with van der Waals surface area (Å²) >= 11 is 3.68. The number of likely N-dealkylation sites (tertiary alicyclic amines) is 1. The lowest BCUT2D eigenvalue weighted by Crippen LogP contribution is -2.54. The van der Waals surface area contributed by atoms with Crippen LogP contribution < -0.4 is 10.2 Å². The van der Waals surface area contributed by atoms with Gasteiger partial charge in [-0.05, 0) is 71.3 Å². The number of hydrogen-bond acceptors (Lipinski definition) is 6. The summed E-state index contributed by atoms with van der Waals surface area (Å²) in [5.74, 6) is 1.61. The van der Waals surface area contributed by atoms with Crippen molar-refractivity contribution in [2.24, 2.45) is 10.9 Å². The zero-order valence-corrected chi connectivity index (χ0v) is 24.7. The van der Waals surface area contributed by atoms with Crippen LogP contribution in [0, 0.1) is 5.92 Å². The van der Waals surface area contributed by atoms with Crippen LogP contribution in [-0.2, 0) is 0 Å². The second-order valence-corrected chi connectivity index (χ2v) is 12.5. The first-order chi connectivity index (χ1) is 19.5. The number of nitrogens with one attached hydrogen (secondary N) is 1. The van der Waals surface area contributed by atoms with Crippen LogP contribution in [-0.4, -0.2) is 90.7 Å². The summed E-state index contributed by atoms with van der Waals surface area (Å²) in [5, 5.41) is 3.12. The normalized spacial score (nSPS) is 20.8. The molecule has 4 heterocycles. The average Bonchev–Trinajstić information content (AvgIpc) is 3.86. The fourth-order valence-corrected chi connectivity index (χ4v) is 7.06. The van der Waals surface area contributed by atoms with Crippen molar-refractivity contribution in [2.75, 3.05) is 57.3 Å². The zero-order chi connectivity index (χ0) is 27.5. The minimum absolute atomic E-state index is 0.0369. The number of amides is 2. The summed E-state index contributed by atoms with van der Waals surface area (Å²) < 4.78 is 0.872. The second kappa shape index (κ2) is 12.4. The minimum atomic E-state index is -0.0369. The molecule has 9 heteroatoms. The van der Waals surface area contributed by atoms with Crippen molar-refractivity contribution >= 4 is 39.3 Å². The molecular weight excluding hydrogens is 568 g/mol. The number of aliphatic imine (C=N–C) groups is 1. The van der Waals surface area contributed by atoms with Crippen molar-refractivity contribution in [2.45, 2.75) is 51.0 Å². The standard InChI is InChI=1S/C31H39BrN6O2/c32-27-18-25(30(39)35-19-22-4-2-1-3-5-22)20-34-29(27)37-16-14-36(15-17-37)26-10-12-38(13-11-26)31(40)24-8-6-23(7-9-24)28-21-33-28/h6-9,18,20,22,26H,1-5,10-17,19,21H2,(H,35,39). The van der Waals surface area contributed by atoms with Crippen molar-refractivity contribution in [3.63, 3.8) is 0 Å². The van der Waals surface area contributed by atoms with Gasteiger partial charge >= 0.3 is 0 Å². The van der Waals surface area contributed by atoms with Gasteiger partial charge in [-0.1, -0.05) is 31.4 Å². The van der Waals surface area contributed by atoms with E-state index in [1.807, 2.05) is 35.2 Å². The maximum atomic E-state index is 13.0. The summed E-state index contributed by atoms with van der Waals surface area (Å²) in [6.45, 7) is 6.94. The van der Waals surface area contributed by atoms with Crippen LogP contribution in [0.15, 0.2) is 46.0 Å². The molecule has 6 rings (SSSR count). The molecule has 212 valence electrons. The maximum absolute atomic E-state index is 13.0. The fraction of sp³-hybridized carbons (Fsp3) is 0.548. The molecule has 4 aliphatic rings. The van der Waals surface area contributed by atoms with E-state index in [0.29, 0.717) is 17.5 Å². The lowest BCUT2D eigenvalue weighted by atomic mass is 9.89. The number of carbonyl (C=O) groups is 2. The highest BCUT2D eigenvalue weighted by molar-refractivity contribution is 9.10. The number of anilines is 1. The number of piperazine rings is 1. The first-order valence-electron chi connectivity index (χ1n) is 14.9. The van der Waals surface area contributed by atoms with Gasteiger partial charge in [0.15, 0.2) is 0 Å². The molecule has 1 aromatic carbocycles. The summed E-state index contributed by atoms with van der Waals surface area (Å²) in [6.07, 6.45) is 10.0. The van der Waals surface area contributed by atoms with Crippen LogP contribution >= 0.6 is 15.9 Å². The van der Waals surface area contributed by atoms with E-state index in [0.717, 1.165) is 92.3 Å². The van der Waals surface area contributed by atoms with Gasteiger partial charge in [-0.3, -0.25) is 19.5 Å². The molecular formula is C31H39BrN6O2. The third kappa shape index (κ3) is 6.41. The molecule has 2 amide bonds. The zero-order valence-electron chi connectivity index (χ0n) is 23.2. The molecule has 40 heavy (non-hydrogen) atoms. The van der Waals surface area contributed by atoms with E-state index in [-0.39, 0.29) is 11.8 Å². The van der Waals surface area contributed by atoms with Crippen molar-refractivity contribution < 1.29 is 9.59 Å². The van der Waals surface area contributed by atoms with Gasteiger partial charge in [-0.25, -0.2) is 4.98 Å². The summed E-state index contributed by atoms with van der Waals surface area (Å²) in [5.41, 5.74) is 3.64. The molecule has 1 aromatic heterocycles. The van der Waals surface area contributed by atoms with Gasteiger partial charge in [0.2, 0.25) is 0 Å². The van der Waals surface area contributed by atoms with Gasteiger partial charge < -0.3 is 15.1 Å². The lowest BCUT2D eigenvalue weighted by molar-refractivity contribution is 0.0610. The van der Waals surface area contributed by atoms with E-state index in [1.165, 1.54) is 32.1 Å². The molecule has 0 atom stereocenters. The van der Waals surface area contributed by atoms with Crippen molar-refractivity contribution in [3.05, 3.63) is 57.7 Å². The summed E-state index contributed by atoms with van der Waals surface area (Å²) in [6, 6.07) is 10.3. The maximum Gasteiger partial charge on any atom is 0.253 e. The first kappa shape index (κ1) is 27.4. The Morgan fingerprint density at radius 2 is 1.60 bits per heavy atom. The molecule has 1 saturated carbocycles. The molecule has 1 N–H and O–H groups in total. The topological polar surface area (TPSA) is 81.1 Å². The average molecular weight is 608 g/mol. The number of hydrogen-bond donors (Lipinski definition) is 1. The van der Waals surface area contributed by atoms with E-state index >= 15 is 0 Å². The number of benzene rings is 1. The predicted octanol–water partition coefficient (Wildman–Crippen LogP) is 4.38. The van der Waals surface area contributed by atoms with Crippen LogP contribution in [0.4, 0.5) is 5.82 Å². The molecule has 2 aromatic rings. The SMILES string of the molecule is O=C(NCC1CCCCC1)c1cnc(N2CCN(C3CCN(C(=O)c4ccc(C5=NC5)cc4)CC3)CC2)c(Br)c1. The molecule has 2 saturated heterocycles. The minimum Gasteiger partial charge on any atom is -0.353 e. The molecule has 3 aliphatic heterocycles. The molecule has 0 unspecified atom stereocenters. The molecule has 3 fully saturated rings. The van der Waals surface area contributed by atoms with Gasteiger partial charge in [0.05, 0.1) is 22.3 Å². The number of pyridine rings is 1. The predicted molar refractivity (Wildman–Crippen MR) is 161 cm³/mol. The molecule has 8 nitrogen and oxygen atoms in total. The smallest absolute Gasteiger partial charge is 0.253 e. The van der Waals surface area contributed by atoms with Crippen LogP contribution in [0.5, 0.6) is 0 Å². The Labute approximate surface area is 245 Å². The number of piperidine rings is 1. The van der Waals surface area contributed by atoms with Crippen LogP contribution in [0.1, 0.15) is 71.2 Å². The summed E-state index contributed by atoms with van der Waals surface area (Å²) in [4.78, 5) is 41.5. The van der Waals surface area contributed by atoms with Crippen molar-refractivity contribution in [3.8, 4) is 0 Å².